The minimum Gasteiger partial charge on any atom is -0.872 e. The van der Waals surface area contributed by atoms with Crippen LogP contribution in [0.1, 0.15) is 27.8 Å². The van der Waals surface area contributed by atoms with E-state index >= 15 is 0 Å². The molecule has 0 amide bonds. The average molecular weight is 599 g/mol. The van der Waals surface area contributed by atoms with Crippen LogP contribution in [0, 0.1) is 17.9 Å². The van der Waals surface area contributed by atoms with Crippen molar-refractivity contribution in [1.82, 2.24) is 0 Å². The number of nitrogens with two attached hydrogens (primary N) is 2. The molecule has 4 N–H and O–H groups in total. The Labute approximate surface area is 267 Å². The molecule has 0 aromatic heterocycles. The summed E-state index contributed by atoms with van der Waals surface area (Å²) in [7, 11) is 7.92. The molecule has 0 fully saturated rings. The van der Waals surface area contributed by atoms with Crippen molar-refractivity contribution in [2.75, 3.05) is 44.6 Å². The maximum absolute atomic E-state index is 14.9. The molecule has 0 saturated carbocycles. The maximum atomic E-state index is 14.9. The summed E-state index contributed by atoms with van der Waals surface area (Å²) in [6.45, 7) is 8.06. The SMILES string of the molecule is [C-]#[N+]/C(C#N)=C1C(c2c3ccccc3c(N(C)C)c3cccc(N)c23)=C([O-])C/1=C1\c2ccccc2C(=[N+](C)C)c2cccc(N)c21. The van der Waals surface area contributed by atoms with Gasteiger partial charge >= 0.3 is 0 Å². The fraction of sp³-hybridized carbons (Fsp3) is 0.103. The molecule has 0 saturated heterocycles. The quantitative estimate of drug-likeness (QED) is 0.0844. The van der Waals surface area contributed by atoms with E-state index in [1.165, 1.54) is 0 Å². The van der Waals surface area contributed by atoms with Gasteiger partial charge in [-0.05, 0) is 57.5 Å². The minimum atomic E-state index is -0.258. The van der Waals surface area contributed by atoms with E-state index in [4.69, 9.17) is 18.0 Å². The third-order valence-corrected chi connectivity index (χ3v) is 8.91. The predicted octanol–water partition coefficient (Wildman–Crippen LogP) is 5.93. The number of nitrogens with zero attached hydrogens (tertiary/aromatic N) is 4. The Morgan fingerprint density at radius 1 is 0.761 bits per heavy atom. The number of hydrogen-bond acceptors (Lipinski definition) is 5. The van der Waals surface area contributed by atoms with Gasteiger partial charge in [-0.1, -0.05) is 66.4 Å². The Balaban J connectivity index is 1.72. The molecule has 0 heterocycles. The monoisotopic (exact) mass is 598 g/mol. The fourth-order valence-corrected chi connectivity index (χ4v) is 7.22. The molecule has 7 nitrogen and oxygen atoms in total. The van der Waals surface area contributed by atoms with Gasteiger partial charge in [-0.25, -0.2) is 14.7 Å². The zero-order valence-corrected chi connectivity index (χ0v) is 25.9. The lowest BCUT2D eigenvalue weighted by molar-refractivity contribution is -0.463. The van der Waals surface area contributed by atoms with Crippen molar-refractivity contribution in [2.24, 2.45) is 0 Å². The Hall–Kier alpha value is -6.31. The molecule has 2 aliphatic rings. The van der Waals surface area contributed by atoms with Crippen molar-refractivity contribution < 1.29 is 9.68 Å². The lowest BCUT2D eigenvalue weighted by Crippen LogP contribution is -2.29. The van der Waals surface area contributed by atoms with E-state index in [2.05, 4.69) is 10.9 Å². The molecule has 0 radical (unpaired) electrons. The summed E-state index contributed by atoms with van der Waals surface area (Å²) in [5.41, 5.74) is 21.8. The second-order valence-electron chi connectivity index (χ2n) is 11.9. The standard InChI is InChI=1S/C39H30N6O/c1-43-29(20-40)34-35(32-21-12-6-8-14-23(21)37(44(2)3)25-16-10-18-27(41)30(25)32)39(46)36(34)33-22-13-7-9-15-24(22)38(45(4)5)26-17-11-19-28(42)31(26)33/h6-19H,41-42H2,2-5H3. The van der Waals surface area contributed by atoms with Crippen LogP contribution in [0.2, 0.25) is 0 Å². The lowest BCUT2D eigenvalue weighted by Gasteiger charge is -2.41. The highest BCUT2D eigenvalue weighted by Crippen LogP contribution is 2.56. The smallest absolute Gasteiger partial charge is 0.270 e. The van der Waals surface area contributed by atoms with Gasteiger partial charge in [0.05, 0.1) is 29.5 Å². The predicted molar refractivity (Wildman–Crippen MR) is 185 cm³/mol. The van der Waals surface area contributed by atoms with Gasteiger partial charge in [0.1, 0.15) is 14.1 Å². The van der Waals surface area contributed by atoms with E-state index in [0.29, 0.717) is 50.2 Å². The minimum absolute atomic E-state index is 0.156. The molecule has 0 spiro atoms. The molecule has 7 heteroatoms. The number of allylic oxidation sites excluding steroid dienone is 3. The summed E-state index contributed by atoms with van der Waals surface area (Å²) in [6.07, 6.45) is 0. The highest BCUT2D eigenvalue weighted by Gasteiger charge is 2.39. The van der Waals surface area contributed by atoms with Gasteiger partial charge in [0.15, 0.2) is 0 Å². The molecule has 222 valence electrons. The van der Waals surface area contributed by atoms with Gasteiger partial charge in [0.2, 0.25) is 5.71 Å². The Morgan fingerprint density at radius 3 is 2.04 bits per heavy atom. The molecule has 2 aliphatic carbocycles. The fourth-order valence-electron chi connectivity index (χ4n) is 7.22. The van der Waals surface area contributed by atoms with Crippen LogP contribution < -0.4 is 21.5 Å². The summed E-state index contributed by atoms with van der Waals surface area (Å²) in [6, 6.07) is 29.3. The maximum Gasteiger partial charge on any atom is 0.270 e. The summed E-state index contributed by atoms with van der Waals surface area (Å²) in [5, 5.41) is 28.6. The zero-order valence-electron chi connectivity index (χ0n) is 25.9. The Kier molecular flexibility index (Phi) is 6.44. The van der Waals surface area contributed by atoms with Crippen LogP contribution in [0.25, 0.3) is 37.5 Å². The number of benzene rings is 5. The second-order valence-corrected chi connectivity index (χ2v) is 11.9. The van der Waals surface area contributed by atoms with Crippen LogP contribution >= 0.6 is 0 Å². The first-order chi connectivity index (χ1) is 22.2. The van der Waals surface area contributed by atoms with Crippen LogP contribution in [-0.4, -0.2) is 38.5 Å². The summed E-state index contributed by atoms with van der Waals surface area (Å²) in [5.74, 6) is -0.258. The third kappa shape index (κ3) is 3.79. The molecular weight excluding hydrogens is 568 g/mol. The van der Waals surface area contributed by atoms with Crippen LogP contribution in [0.15, 0.2) is 108 Å². The van der Waals surface area contributed by atoms with Crippen LogP contribution in [-0.2, 0) is 0 Å². The molecule has 46 heavy (non-hydrogen) atoms. The van der Waals surface area contributed by atoms with E-state index in [1.54, 1.807) is 0 Å². The number of anilines is 3. The molecular formula is C39H30N6O. The van der Waals surface area contributed by atoms with Gasteiger partial charge in [0.25, 0.3) is 5.70 Å². The number of hydrogen-bond donors (Lipinski definition) is 2. The van der Waals surface area contributed by atoms with Crippen molar-refractivity contribution in [3.8, 4) is 6.07 Å². The normalized spacial score (nSPS) is 16.3. The number of fused-ring (bicyclic) bond motifs is 4. The first-order valence-electron chi connectivity index (χ1n) is 14.8. The van der Waals surface area contributed by atoms with Crippen molar-refractivity contribution in [3.05, 3.63) is 147 Å². The molecule has 0 atom stereocenters. The van der Waals surface area contributed by atoms with Crippen molar-refractivity contribution in [1.29, 1.82) is 5.26 Å². The molecule has 0 unspecified atom stereocenters. The first kappa shape index (κ1) is 28.5. The number of nitrogen functional groups attached to an aromatic ring is 2. The average Bonchev–Trinajstić information content (AvgIpc) is 3.04. The van der Waals surface area contributed by atoms with Gasteiger partial charge in [-0.15, -0.1) is 0 Å². The zero-order chi connectivity index (χ0) is 32.4. The van der Waals surface area contributed by atoms with E-state index in [1.807, 2.05) is 123 Å². The summed E-state index contributed by atoms with van der Waals surface area (Å²) < 4.78 is 2.04. The Morgan fingerprint density at radius 2 is 1.37 bits per heavy atom. The van der Waals surface area contributed by atoms with Crippen molar-refractivity contribution in [3.63, 3.8) is 0 Å². The molecule has 5 aromatic carbocycles. The van der Waals surface area contributed by atoms with Gasteiger partial charge < -0.3 is 21.5 Å². The molecule has 7 rings (SSSR count). The molecule has 0 aliphatic heterocycles. The third-order valence-electron chi connectivity index (χ3n) is 8.91. The van der Waals surface area contributed by atoms with Crippen LogP contribution in [0.3, 0.4) is 0 Å². The summed E-state index contributed by atoms with van der Waals surface area (Å²) in [4.78, 5) is 5.71. The van der Waals surface area contributed by atoms with Gasteiger partial charge in [-0.3, -0.25) is 0 Å². The van der Waals surface area contributed by atoms with Crippen molar-refractivity contribution in [2.45, 2.75) is 0 Å². The highest BCUT2D eigenvalue weighted by molar-refractivity contribution is 6.27. The largest absolute Gasteiger partial charge is 0.872 e. The topological polar surface area (TPSA) is 110 Å². The first-order valence-corrected chi connectivity index (χ1v) is 14.8. The number of rotatable bonds is 2. The van der Waals surface area contributed by atoms with Gasteiger partial charge in [-0.2, -0.15) is 0 Å². The second kappa shape index (κ2) is 10.4. The number of nitriles is 1. The molecule has 5 aromatic rings. The highest BCUT2D eigenvalue weighted by atomic mass is 16.3. The van der Waals surface area contributed by atoms with Crippen LogP contribution in [0.4, 0.5) is 17.1 Å². The van der Waals surface area contributed by atoms with E-state index in [0.717, 1.165) is 44.2 Å². The summed E-state index contributed by atoms with van der Waals surface area (Å²) >= 11 is 0. The van der Waals surface area contributed by atoms with E-state index in [9.17, 15) is 10.4 Å². The Bertz CT molecular complexity index is 2390. The van der Waals surface area contributed by atoms with Gasteiger partial charge in [0, 0.05) is 52.8 Å². The van der Waals surface area contributed by atoms with E-state index in [-0.39, 0.29) is 11.5 Å². The van der Waals surface area contributed by atoms with Crippen LogP contribution in [0.5, 0.6) is 0 Å². The van der Waals surface area contributed by atoms with E-state index < -0.39 is 0 Å². The lowest BCUT2D eigenvalue weighted by atomic mass is 9.69. The van der Waals surface area contributed by atoms with Crippen molar-refractivity contribution >= 4 is 55.5 Å². The molecule has 0 bridgehead atoms.